The summed E-state index contributed by atoms with van der Waals surface area (Å²) in [6.07, 6.45) is 4.50. The van der Waals surface area contributed by atoms with E-state index in [2.05, 4.69) is 71.0 Å². The van der Waals surface area contributed by atoms with Crippen molar-refractivity contribution in [1.82, 2.24) is 4.98 Å². The van der Waals surface area contributed by atoms with Gasteiger partial charge in [0.2, 0.25) is 0 Å². The van der Waals surface area contributed by atoms with Gasteiger partial charge in [-0.3, -0.25) is 9.78 Å². The molecule has 0 atom stereocenters. The summed E-state index contributed by atoms with van der Waals surface area (Å²) >= 11 is 0. The molecule has 0 amide bonds. The molecular weight excluding hydrogens is 896 g/mol. The molecule has 57 heavy (non-hydrogen) atoms. The SMILES string of the molecule is CC(C)(C)c1cc(-c2nccc3c2C(C)(C)C(c2ccc(CC(C)(C)C(F)(F)F)cc2)=C3)[c-]c2ccccc12.CCC(C)(CC)C(=O)/C=C(\O)C(C)(CC)CC.[Ir]. The number of hydrogen-bond donors (Lipinski definition) is 1. The number of hydrogen-bond acceptors (Lipinski definition) is 3. The Balaban J connectivity index is 0.000000411. The summed E-state index contributed by atoms with van der Waals surface area (Å²) < 4.78 is 40.3. The van der Waals surface area contributed by atoms with Gasteiger partial charge < -0.3 is 5.11 Å². The van der Waals surface area contributed by atoms with E-state index < -0.39 is 11.6 Å². The van der Waals surface area contributed by atoms with E-state index in [0.717, 1.165) is 64.6 Å². The molecule has 1 aliphatic carbocycles. The number of aliphatic hydroxyl groups is 1. The average Bonchev–Trinajstić information content (AvgIpc) is 3.43. The fourth-order valence-corrected chi connectivity index (χ4v) is 7.45. The van der Waals surface area contributed by atoms with Gasteiger partial charge in [-0.05, 0) is 71.4 Å². The molecule has 7 heteroatoms. The van der Waals surface area contributed by atoms with Gasteiger partial charge in [-0.25, -0.2) is 0 Å². The number of allylic oxidation sites excluding steroid dienone is 3. The van der Waals surface area contributed by atoms with Crippen molar-refractivity contribution >= 4 is 28.2 Å². The molecule has 0 saturated heterocycles. The van der Waals surface area contributed by atoms with E-state index in [9.17, 15) is 23.1 Å². The first-order valence-electron chi connectivity index (χ1n) is 20.2. The number of rotatable bonds is 11. The van der Waals surface area contributed by atoms with Gasteiger partial charge in [0.05, 0.1) is 5.41 Å². The Bertz CT molecular complexity index is 2090. The second kappa shape index (κ2) is 17.8. The largest absolute Gasteiger partial charge is 0.512 e. The van der Waals surface area contributed by atoms with Crippen LogP contribution in [0.4, 0.5) is 13.2 Å². The van der Waals surface area contributed by atoms with Crippen LogP contribution >= 0.6 is 0 Å². The molecular formula is C50H63F3IrNO2-. The maximum absolute atomic E-state index is 13.4. The summed E-state index contributed by atoms with van der Waals surface area (Å²) in [5, 5.41) is 12.4. The second-order valence-corrected chi connectivity index (χ2v) is 18.4. The standard InChI is InChI=1S/C35H35F3N.C15H28O2.Ir/c1-32(2,3)29-20-26(18-24-10-8-9-11-27(24)29)31-30-25(16-17-39-31)19-28(34(30,6)7)23-14-12-22(13-15-23)21-33(4,5)35(36,37)38;1-7-14(5,8-2)12(16)11-13(17)15(6,9-3)10-4;/h8-17,19-20H,21H2,1-7H3;11,16H,7-10H2,1-6H3;/q-1;;/b;12-11-;. The number of ketones is 1. The van der Waals surface area contributed by atoms with Crippen LogP contribution in [-0.2, 0) is 42.2 Å². The first-order valence-corrected chi connectivity index (χ1v) is 20.2. The number of fused-ring (bicyclic) bond motifs is 2. The van der Waals surface area contributed by atoms with Gasteiger partial charge in [0.1, 0.15) is 5.76 Å². The van der Waals surface area contributed by atoms with Crippen molar-refractivity contribution in [3.63, 3.8) is 0 Å². The van der Waals surface area contributed by atoms with Crippen LogP contribution in [0.15, 0.2) is 78.7 Å². The number of alkyl halides is 3. The third kappa shape index (κ3) is 10.0. The first-order chi connectivity index (χ1) is 25.9. The van der Waals surface area contributed by atoms with Crippen molar-refractivity contribution in [3.05, 3.63) is 113 Å². The summed E-state index contributed by atoms with van der Waals surface area (Å²) in [6.45, 7) is 25.7. The van der Waals surface area contributed by atoms with Crippen LogP contribution in [0.1, 0.15) is 144 Å². The zero-order valence-electron chi connectivity index (χ0n) is 36.3. The van der Waals surface area contributed by atoms with E-state index in [0.29, 0.717) is 5.56 Å². The molecule has 5 rings (SSSR count). The Hall–Kier alpha value is -3.54. The van der Waals surface area contributed by atoms with Gasteiger partial charge in [-0.1, -0.05) is 149 Å². The number of aliphatic hydroxyl groups excluding tert-OH is 1. The Morgan fingerprint density at radius 1 is 0.825 bits per heavy atom. The van der Waals surface area contributed by atoms with E-state index in [1.54, 1.807) is 0 Å². The Kier molecular flexibility index (Phi) is 14.9. The van der Waals surface area contributed by atoms with Crippen LogP contribution in [0, 0.1) is 22.3 Å². The van der Waals surface area contributed by atoms with Crippen LogP contribution in [0.5, 0.6) is 0 Å². The molecule has 1 heterocycles. The quantitative estimate of drug-likeness (QED) is 0.0926. The number of pyridine rings is 1. The zero-order chi connectivity index (χ0) is 42.1. The monoisotopic (exact) mass is 959 g/mol. The number of halogens is 3. The van der Waals surface area contributed by atoms with Gasteiger partial charge in [-0.15, -0.1) is 29.1 Å². The fraction of sp³-hybridized carbons (Fsp3) is 0.480. The van der Waals surface area contributed by atoms with Crippen molar-refractivity contribution in [3.8, 4) is 11.3 Å². The predicted molar refractivity (Wildman–Crippen MR) is 229 cm³/mol. The molecule has 0 aliphatic heterocycles. The van der Waals surface area contributed by atoms with Crippen molar-refractivity contribution in [1.29, 1.82) is 0 Å². The molecule has 0 spiro atoms. The van der Waals surface area contributed by atoms with Gasteiger partial charge in [0.25, 0.3) is 0 Å². The van der Waals surface area contributed by atoms with E-state index in [-0.39, 0.29) is 59.7 Å². The zero-order valence-corrected chi connectivity index (χ0v) is 38.7. The maximum Gasteiger partial charge on any atom is 0.394 e. The van der Waals surface area contributed by atoms with Crippen LogP contribution in [0.25, 0.3) is 33.7 Å². The number of carbonyl (C=O) groups excluding carboxylic acids is 1. The molecule has 3 aromatic carbocycles. The topological polar surface area (TPSA) is 50.2 Å². The van der Waals surface area contributed by atoms with Crippen molar-refractivity contribution in [2.24, 2.45) is 16.2 Å². The smallest absolute Gasteiger partial charge is 0.394 e. The third-order valence-electron chi connectivity index (χ3n) is 12.7. The number of aromatic nitrogens is 1. The van der Waals surface area contributed by atoms with E-state index in [4.69, 9.17) is 4.98 Å². The summed E-state index contributed by atoms with van der Waals surface area (Å²) in [5.41, 5.74) is 5.44. The Morgan fingerprint density at radius 3 is 1.91 bits per heavy atom. The molecule has 311 valence electrons. The Labute approximate surface area is 354 Å². The van der Waals surface area contributed by atoms with Gasteiger partial charge in [-0.2, -0.15) is 13.2 Å². The van der Waals surface area contributed by atoms with Crippen LogP contribution in [0.3, 0.4) is 0 Å². The van der Waals surface area contributed by atoms with Crippen molar-refractivity contribution in [2.75, 3.05) is 0 Å². The summed E-state index contributed by atoms with van der Waals surface area (Å²) in [7, 11) is 0. The summed E-state index contributed by atoms with van der Waals surface area (Å²) in [5.74, 6) is 0.286. The molecule has 4 aromatic rings. The molecule has 0 unspecified atom stereocenters. The van der Waals surface area contributed by atoms with Crippen LogP contribution in [0.2, 0.25) is 0 Å². The van der Waals surface area contributed by atoms with Crippen LogP contribution < -0.4 is 0 Å². The van der Waals surface area contributed by atoms with Gasteiger partial charge >= 0.3 is 6.18 Å². The molecule has 1 N–H and O–H groups in total. The normalized spacial score (nSPS) is 14.7. The van der Waals surface area contributed by atoms with Crippen molar-refractivity contribution in [2.45, 2.75) is 139 Å². The predicted octanol–water partition coefficient (Wildman–Crippen LogP) is 14.6. The number of benzene rings is 3. The summed E-state index contributed by atoms with van der Waals surface area (Å²) in [6, 6.07) is 23.8. The second-order valence-electron chi connectivity index (χ2n) is 18.4. The van der Waals surface area contributed by atoms with Gasteiger partial charge in [0.15, 0.2) is 5.78 Å². The molecule has 1 radical (unpaired) electrons. The minimum atomic E-state index is -4.25. The Morgan fingerprint density at radius 2 is 1.39 bits per heavy atom. The maximum atomic E-state index is 13.4. The molecule has 1 aliphatic rings. The first kappa shape index (κ1) is 47.8. The summed E-state index contributed by atoms with van der Waals surface area (Å²) in [4.78, 5) is 17.1. The minimum absolute atomic E-state index is 0. The number of carbonyl (C=O) groups is 1. The third-order valence-corrected chi connectivity index (χ3v) is 12.7. The molecule has 1 aromatic heterocycles. The molecule has 0 fully saturated rings. The average molecular weight is 959 g/mol. The molecule has 0 saturated carbocycles. The van der Waals surface area contributed by atoms with E-state index >= 15 is 0 Å². The number of nitrogens with zero attached hydrogens (tertiary/aromatic N) is 1. The fourth-order valence-electron chi connectivity index (χ4n) is 7.45. The molecule has 0 bridgehead atoms. The van der Waals surface area contributed by atoms with Crippen molar-refractivity contribution < 1.29 is 43.2 Å². The molecule has 3 nitrogen and oxygen atoms in total. The minimum Gasteiger partial charge on any atom is -0.512 e. The van der Waals surface area contributed by atoms with E-state index in [1.807, 2.05) is 84.1 Å². The van der Waals surface area contributed by atoms with Crippen LogP contribution in [-0.4, -0.2) is 22.1 Å². The van der Waals surface area contributed by atoms with E-state index in [1.165, 1.54) is 30.9 Å². The van der Waals surface area contributed by atoms with Gasteiger partial charge in [0, 0.05) is 54.3 Å².